The number of rotatable bonds is 2. The molecular weight excluding hydrogens is 308 g/mol. The van der Waals surface area contributed by atoms with E-state index in [0.29, 0.717) is 17.4 Å². The van der Waals surface area contributed by atoms with E-state index >= 15 is 0 Å². The first-order valence-corrected chi connectivity index (χ1v) is 8.14. The molecule has 1 amide bonds. The molecule has 3 nitrogen and oxygen atoms in total. The molecule has 4 rings (SSSR count). The van der Waals surface area contributed by atoms with Gasteiger partial charge in [-0.1, -0.05) is 35.9 Å². The fourth-order valence-corrected chi connectivity index (χ4v) is 3.87. The lowest BCUT2D eigenvalue weighted by Gasteiger charge is -2.37. The molecule has 0 fully saturated rings. The number of anilines is 1. The minimum absolute atomic E-state index is 0.235. The molecule has 4 heteroatoms. The highest BCUT2D eigenvalue weighted by Gasteiger charge is 2.37. The van der Waals surface area contributed by atoms with Crippen LogP contribution in [0.4, 0.5) is 5.69 Å². The van der Waals surface area contributed by atoms with E-state index in [-0.39, 0.29) is 11.9 Å². The lowest BCUT2D eigenvalue weighted by Crippen LogP contribution is -2.29. The number of benzene rings is 2. The Bertz CT molecular complexity index is 798. The second-order valence-corrected chi connectivity index (χ2v) is 6.63. The maximum Gasteiger partial charge on any atom is 0.248 e. The van der Waals surface area contributed by atoms with Gasteiger partial charge in [-0.25, -0.2) is 0 Å². The fourth-order valence-electron chi connectivity index (χ4n) is 3.75. The van der Waals surface area contributed by atoms with E-state index in [9.17, 15) is 4.79 Å². The summed E-state index contributed by atoms with van der Waals surface area (Å²) in [6.07, 6.45) is 5.50. The number of halogens is 1. The summed E-state index contributed by atoms with van der Waals surface area (Å²) >= 11 is 6.01. The standard InChI is InChI=1S/C19H17ClN2O/c20-13-7-4-11(5-8-13)18-15-3-1-2-14(15)16-10-12(19(21)23)6-9-17(16)22-18/h1-2,4-10,14-15,18,22H,3H2,(H2,21,23)/t14-,15+,18+/m0/s1. The van der Waals surface area contributed by atoms with Gasteiger partial charge in [-0.3, -0.25) is 4.79 Å². The molecule has 3 N–H and O–H groups in total. The van der Waals surface area contributed by atoms with Crippen LogP contribution in [0.25, 0.3) is 0 Å². The zero-order valence-electron chi connectivity index (χ0n) is 12.5. The SMILES string of the molecule is NC(=O)c1ccc2c(c1)[C@H]1C=CC[C@H]1[C@@H](c1ccc(Cl)cc1)N2. The number of carbonyl (C=O) groups is 1. The summed E-state index contributed by atoms with van der Waals surface area (Å²) in [5, 5.41) is 4.38. The number of hydrogen-bond acceptors (Lipinski definition) is 2. The summed E-state index contributed by atoms with van der Waals surface area (Å²) in [4.78, 5) is 11.5. The number of primary amides is 1. The van der Waals surface area contributed by atoms with Crippen molar-refractivity contribution < 1.29 is 4.79 Å². The molecule has 1 aliphatic carbocycles. The monoisotopic (exact) mass is 324 g/mol. The van der Waals surface area contributed by atoms with Crippen molar-refractivity contribution in [3.8, 4) is 0 Å². The summed E-state index contributed by atoms with van der Waals surface area (Å²) < 4.78 is 0. The molecule has 1 heterocycles. The third kappa shape index (κ3) is 2.41. The molecule has 2 aliphatic rings. The van der Waals surface area contributed by atoms with Crippen molar-refractivity contribution in [2.75, 3.05) is 5.32 Å². The van der Waals surface area contributed by atoms with Gasteiger partial charge >= 0.3 is 0 Å². The minimum atomic E-state index is -0.383. The van der Waals surface area contributed by atoms with E-state index in [1.54, 1.807) is 6.07 Å². The molecule has 0 aromatic heterocycles. The molecule has 23 heavy (non-hydrogen) atoms. The Hall–Kier alpha value is -2.26. The van der Waals surface area contributed by atoms with Crippen LogP contribution in [0.2, 0.25) is 5.02 Å². The third-order valence-electron chi connectivity index (χ3n) is 4.88. The number of amides is 1. The predicted octanol–water partition coefficient (Wildman–Crippen LogP) is 4.27. The van der Waals surface area contributed by atoms with Gasteiger partial charge in [0.25, 0.3) is 0 Å². The first-order valence-electron chi connectivity index (χ1n) is 7.76. The lowest BCUT2D eigenvalue weighted by molar-refractivity contribution is 0.1000. The predicted molar refractivity (Wildman–Crippen MR) is 92.8 cm³/mol. The van der Waals surface area contributed by atoms with Crippen LogP contribution in [-0.4, -0.2) is 5.91 Å². The molecule has 0 unspecified atom stereocenters. The first-order chi connectivity index (χ1) is 11.1. The van der Waals surface area contributed by atoms with Crippen LogP contribution in [0.1, 0.15) is 39.9 Å². The second-order valence-electron chi connectivity index (χ2n) is 6.19. The van der Waals surface area contributed by atoms with Crippen molar-refractivity contribution in [1.29, 1.82) is 0 Å². The van der Waals surface area contributed by atoms with Crippen LogP contribution < -0.4 is 11.1 Å². The molecule has 2 aromatic rings. The number of nitrogens with two attached hydrogens (primary N) is 1. The highest BCUT2D eigenvalue weighted by molar-refractivity contribution is 6.30. The first kappa shape index (κ1) is 14.3. The Morgan fingerprint density at radius 2 is 1.96 bits per heavy atom. The van der Waals surface area contributed by atoms with Gasteiger partial charge in [0.1, 0.15) is 0 Å². The molecular formula is C19H17ClN2O. The van der Waals surface area contributed by atoms with Gasteiger partial charge in [0, 0.05) is 22.2 Å². The molecule has 116 valence electrons. The zero-order valence-corrected chi connectivity index (χ0v) is 13.3. The van der Waals surface area contributed by atoms with Crippen LogP contribution in [0, 0.1) is 5.92 Å². The minimum Gasteiger partial charge on any atom is -0.378 e. The molecule has 0 radical (unpaired) electrons. The van der Waals surface area contributed by atoms with E-state index in [1.807, 2.05) is 24.3 Å². The summed E-state index contributed by atoms with van der Waals surface area (Å²) in [6, 6.07) is 13.9. The lowest BCUT2D eigenvalue weighted by atomic mass is 9.76. The van der Waals surface area contributed by atoms with Gasteiger partial charge in [0.2, 0.25) is 5.91 Å². The van der Waals surface area contributed by atoms with Crippen LogP contribution >= 0.6 is 11.6 Å². The molecule has 0 spiro atoms. The smallest absolute Gasteiger partial charge is 0.248 e. The Balaban J connectivity index is 1.77. The molecule has 3 atom stereocenters. The number of carbonyl (C=O) groups excluding carboxylic acids is 1. The van der Waals surface area contributed by atoms with E-state index in [2.05, 4.69) is 29.6 Å². The van der Waals surface area contributed by atoms with Crippen molar-refractivity contribution in [3.63, 3.8) is 0 Å². The van der Waals surface area contributed by atoms with Gasteiger partial charge in [-0.15, -0.1) is 0 Å². The largest absolute Gasteiger partial charge is 0.378 e. The molecule has 0 bridgehead atoms. The van der Waals surface area contributed by atoms with E-state index < -0.39 is 0 Å². The second kappa shape index (κ2) is 5.43. The molecule has 1 aliphatic heterocycles. The van der Waals surface area contributed by atoms with Crippen LogP contribution in [0.5, 0.6) is 0 Å². The highest BCUT2D eigenvalue weighted by Crippen LogP contribution is 2.49. The van der Waals surface area contributed by atoms with Crippen molar-refractivity contribution in [2.24, 2.45) is 11.7 Å². The third-order valence-corrected chi connectivity index (χ3v) is 5.13. The Kier molecular flexibility index (Phi) is 3.38. The summed E-state index contributed by atoms with van der Waals surface area (Å²) in [5.74, 6) is 0.365. The van der Waals surface area contributed by atoms with E-state index in [1.165, 1.54) is 5.56 Å². The average Bonchev–Trinajstić information content (AvgIpc) is 3.04. The fraction of sp³-hybridized carbons (Fsp3) is 0.211. The zero-order chi connectivity index (χ0) is 16.0. The van der Waals surface area contributed by atoms with E-state index in [4.69, 9.17) is 17.3 Å². The van der Waals surface area contributed by atoms with Crippen molar-refractivity contribution in [3.05, 3.63) is 76.3 Å². The van der Waals surface area contributed by atoms with Crippen LogP contribution in [0.15, 0.2) is 54.6 Å². The molecule has 0 saturated heterocycles. The van der Waals surface area contributed by atoms with Gasteiger partial charge in [-0.05, 0) is 53.8 Å². The topological polar surface area (TPSA) is 55.1 Å². The van der Waals surface area contributed by atoms with Crippen molar-refractivity contribution in [1.82, 2.24) is 0 Å². The Morgan fingerprint density at radius 3 is 2.70 bits per heavy atom. The number of hydrogen-bond donors (Lipinski definition) is 2. The van der Waals surface area contributed by atoms with Crippen LogP contribution in [-0.2, 0) is 0 Å². The van der Waals surface area contributed by atoms with Gasteiger partial charge in [-0.2, -0.15) is 0 Å². The van der Waals surface area contributed by atoms with Crippen LogP contribution in [0.3, 0.4) is 0 Å². The molecule has 0 saturated carbocycles. The van der Waals surface area contributed by atoms with Crippen molar-refractivity contribution in [2.45, 2.75) is 18.4 Å². The van der Waals surface area contributed by atoms with Gasteiger partial charge in [0.05, 0.1) is 6.04 Å². The number of allylic oxidation sites excluding steroid dienone is 2. The number of fused-ring (bicyclic) bond motifs is 3. The number of nitrogens with one attached hydrogen (secondary N) is 1. The van der Waals surface area contributed by atoms with Gasteiger partial charge < -0.3 is 11.1 Å². The maximum atomic E-state index is 11.5. The maximum absolute atomic E-state index is 11.5. The Morgan fingerprint density at radius 1 is 1.17 bits per heavy atom. The average molecular weight is 325 g/mol. The normalized spacial score (nSPS) is 24.7. The van der Waals surface area contributed by atoms with E-state index in [0.717, 1.165) is 22.7 Å². The van der Waals surface area contributed by atoms with Gasteiger partial charge in [0.15, 0.2) is 0 Å². The molecule has 2 aromatic carbocycles. The quantitative estimate of drug-likeness (QED) is 0.811. The Labute approximate surface area is 140 Å². The summed E-state index contributed by atoms with van der Waals surface area (Å²) in [6.45, 7) is 0. The van der Waals surface area contributed by atoms with Crippen molar-refractivity contribution >= 4 is 23.2 Å². The highest BCUT2D eigenvalue weighted by atomic mass is 35.5. The summed E-state index contributed by atoms with van der Waals surface area (Å²) in [5.41, 5.74) is 9.45. The summed E-state index contributed by atoms with van der Waals surface area (Å²) in [7, 11) is 0.